The van der Waals surface area contributed by atoms with Crippen LogP contribution in [0, 0.1) is 11.8 Å². The van der Waals surface area contributed by atoms with Crippen LogP contribution in [0.1, 0.15) is 56.0 Å². The summed E-state index contributed by atoms with van der Waals surface area (Å²) in [7, 11) is 0. The Balaban J connectivity index is 1.72. The minimum atomic E-state index is -4.18. The summed E-state index contributed by atoms with van der Waals surface area (Å²) in [5.41, 5.74) is 0. The number of thiazole rings is 1. The highest BCUT2D eigenvalue weighted by atomic mass is 32.1. The van der Waals surface area contributed by atoms with Gasteiger partial charge in [0.1, 0.15) is 5.01 Å². The number of hydrogen-bond acceptors (Lipinski definition) is 3. The third kappa shape index (κ3) is 3.70. The molecule has 3 rings (SSSR count). The molecule has 3 nitrogen and oxygen atoms in total. The summed E-state index contributed by atoms with van der Waals surface area (Å²) in [6.07, 6.45) is 1.50. The van der Waals surface area contributed by atoms with E-state index in [0.717, 1.165) is 24.3 Å². The van der Waals surface area contributed by atoms with E-state index in [4.69, 9.17) is 0 Å². The van der Waals surface area contributed by atoms with Crippen LogP contribution in [0.15, 0.2) is 11.6 Å². The van der Waals surface area contributed by atoms with Crippen LogP contribution in [0.2, 0.25) is 0 Å². The minimum absolute atomic E-state index is 0.0522. The Hall–Kier alpha value is -1.11. The molecule has 0 radical (unpaired) electrons. The number of carbonyl (C=O) groups is 1. The van der Waals surface area contributed by atoms with E-state index in [1.54, 1.807) is 11.1 Å². The molecule has 1 aliphatic carbocycles. The molecule has 128 valence electrons. The normalized spacial score (nSPS) is 29.5. The monoisotopic (exact) mass is 346 g/mol. The maximum Gasteiger partial charge on any atom is 0.391 e. The summed E-state index contributed by atoms with van der Waals surface area (Å²) in [6, 6.07) is -0.0532. The number of carbonyl (C=O) groups excluding carboxylic acids is 1. The molecule has 2 aliphatic rings. The second-order valence-electron chi connectivity index (χ2n) is 6.52. The van der Waals surface area contributed by atoms with Gasteiger partial charge in [-0.25, -0.2) is 4.98 Å². The van der Waals surface area contributed by atoms with Gasteiger partial charge >= 0.3 is 6.18 Å². The Labute approximate surface area is 137 Å². The molecule has 1 saturated carbocycles. The zero-order valence-electron chi connectivity index (χ0n) is 12.9. The van der Waals surface area contributed by atoms with Crippen molar-refractivity contribution in [2.75, 3.05) is 6.54 Å². The summed E-state index contributed by atoms with van der Waals surface area (Å²) in [5, 5.41) is 2.79. The molecule has 1 aromatic rings. The van der Waals surface area contributed by atoms with Crippen LogP contribution in [-0.2, 0) is 4.79 Å². The second-order valence-corrected chi connectivity index (χ2v) is 7.44. The van der Waals surface area contributed by atoms with Crippen LogP contribution in [0.5, 0.6) is 0 Å². The maximum atomic E-state index is 13.0. The van der Waals surface area contributed by atoms with Gasteiger partial charge in [-0.3, -0.25) is 4.79 Å². The number of piperidine rings is 1. The lowest BCUT2D eigenvalue weighted by atomic mass is 9.80. The van der Waals surface area contributed by atoms with E-state index in [-0.39, 0.29) is 24.8 Å². The van der Waals surface area contributed by atoms with E-state index in [9.17, 15) is 18.0 Å². The van der Waals surface area contributed by atoms with Crippen molar-refractivity contribution in [3.05, 3.63) is 16.6 Å². The second kappa shape index (κ2) is 6.79. The van der Waals surface area contributed by atoms with Crippen LogP contribution in [0.3, 0.4) is 0 Å². The number of nitrogens with zero attached hydrogens (tertiary/aromatic N) is 2. The van der Waals surface area contributed by atoms with Crippen LogP contribution < -0.4 is 0 Å². The van der Waals surface area contributed by atoms with Gasteiger partial charge in [0.25, 0.3) is 0 Å². The van der Waals surface area contributed by atoms with Crippen molar-refractivity contribution in [3.63, 3.8) is 0 Å². The molecule has 1 saturated heterocycles. The molecular formula is C16H21F3N2OS. The molecule has 1 aliphatic heterocycles. The maximum absolute atomic E-state index is 13.0. The quantitative estimate of drug-likeness (QED) is 0.786. The molecule has 1 aromatic heterocycles. The standard InChI is InChI=1S/C16H21F3N2OS/c17-16(18,19)12-5-3-4-11(10-12)15(22)21-8-2-1-6-13(21)14-20-7-9-23-14/h7,9,11-13H,1-6,8,10H2/t11-,12-,13-/m1/s1. The van der Waals surface area contributed by atoms with Crippen molar-refractivity contribution in [2.24, 2.45) is 11.8 Å². The highest BCUT2D eigenvalue weighted by Crippen LogP contribution is 2.42. The SMILES string of the molecule is O=C([C@@H]1CCC[C@@H](C(F)(F)F)C1)N1CCCC[C@@H]1c1nccs1. The zero-order chi connectivity index (χ0) is 16.4. The van der Waals surface area contributed by atoms with Crippen molar-refractivity contribution >= 4 is 17.2 Å². The Morgan fingerprint density at radius 1 is 1.22 bits per heavy atom. The third-order valence-corrected chi connectivity index (χ3v) is 5.89. The Bertz CT molecular complexity index is 532. The average molecular weight is 346 g/mol. The van der Waals surface area contributed by atoms with Gasteiger partial charge in [-0.1, -0.05) is 6.42 Å². The van der Waals surface area contributed by atoms with Gasteiger partial charge in [0.2, 0.25) is 5.91 Å². The smallest absolute Gasteiger partial charge is 0.333 e. The Morgan fingerprint density at radius 3 is 2.74 bits per heavy atom. The number of likely N-dealkylation sites (tertiary alicyclic amines) is 1. The number of alkyl halides is 3. The predicted octanol–water partition coefficient (Wildman–Crippen LogP) is 4.57. The lowest BCUT2D eigenvalue weighted by Gasteiger charge is -2.39. The van der Waals surface area contributed by atoms with Crippen molar-refractivity contribution in [1.82, 2.24) is 9.88 Å². The van der Waals surface area contributed by atoms with E-state index >= 15 is 0 Å². The van der Waals surface area contributed by atoms with Gasteiger partial charge in [-0.15, -0.1) is 11.3 Å². The molecule has 0 spiro atoms. The molecule has 3 atom stereocenters. The van der Waals surface area contributed by atoms with Crippen molar-refractivity contribution in [2.45, 2.75) is 57.2 Å². The van der Waals surface area contributed by atoms with Crippen molar-refractivity contribution in [1.29, 1.82) is 0 Å². The van der Waals surface area contributed by atoms with E-state index < -0.39 is 18.0 Å². The minimum Gasteiger partial charge on any atom is -0.333 e. The highest BCUT2D eigenvalue weighted by Gasteiger charge is 2.45. The first-order valence-corrected chi connectivity index (χ1v) is 9.11. The lowest BCUT2D eigenvalue weighted by molar-refractivity contribution is -0.187. The average Bonchev–Trinajstić information content (AvgIpc) is 3.08. The van der Waals surface area contributed by atoms with Gasteiger partial charge in [0.15, 0.2) is 0 Å². The first-order valence-electron chi connectivity index (χ1n) is 8.23. The van der Waals surface area contributed by atoms with Crippen LogP contribution in [-0.4, -0.2) is 28.5 Å². The van der Waals surface area contributed by atoms with E-state index in [0.29, 0.717) is 19.4 Å². The fraction of sp³-hybridized carbons (Fsp3) is 0.750. The Morgan fingerprint density at radius 2 is 2.04 bits per heavy atom. The predicted molar refractivity (Wildman–Crippen MR) is 81.9 cm³/mol. The van der Waals surface area contributed by atoms with Crippen LogP contribution >= 0.6 is 11.3 Å². The number of aromatic nitrogens is 1. The van der Waals surface area contributed by atoms with Crippen LogP contribution in [0.25, 0.3) is 0 Å². The lowest BCUT2D eigenvalue weighted by Crippen LogP contribution is -2.44. The van der Waals surface area contributed by atoms with Crippen molar-refractivity contribution in [3.8, 4) is 0 Å². The molecule has 0 bridgehead atoms. The molecular weight excluding hydrogens is 325 g/mol. The topological polar surface area (TPSA) is 33.2 Å². The zero-order valence-corrected chi connectivity index (χ0v) is 13.7. The number of rotatable bonds is 2. The van der Waals surface area contributed by atoms with Crippen LogP contribution in [0.4, 0.5) is 13.2 Å². The molecule has 0 aromatic carbocycles. The molecule has 2 fully saturated rings. The van der Waals surface area contributed by atoms with E-state index in [2.05, 4.69) is 4.98 Å². The summed E-state index contributed by atoms with van der Waals surface area (Å²) < 4.78 is 39.0. The molecule has 0 unspecified atom stereocenters. The summed E-state index contributed by atoms with van der Waals surface area (Å²) in [4.78, 5) is 19.0. The molecule has 23 heavy (non-hydrogen) atoms. The van der Waals surface area contributed by atoms with Gasteiger partial charge in [-0.2, -0.15) is 13.2 Å². The largest absolute Gasteiger partial charge is 0.391 e. The van der Waals surface area contributed by atoms with Gasteiger partial charge in [0, 0.05) is 24.0 Å². The number of hydrogen-bond donors (Lipinski definition) is 0. The number of amides is 1. The summed E-state index contributed by atoms with van der Waals surface area (Å²) >= 11 is 1.52. The Kier molecular flexibility index (Phi) is 4.94. The molecule has 7 heteroatoms. The summed E-state index contributed by atoms with van der Waals surface area (Å²) in [6.45, 7) is 0.635. The van der Waals surface area contributed by atoms with Gasteiger partial charge < -0.3 is 4.90 Å². The number of halogens is 3. The third-order valence-electron chi connectivity index (χ3n) is 5.01. The van der Waals surface area contributed by atoms with Gasteiger partial charge in [-0.05, 0) is 38.5 Å². The fourth-order valence-corrected chi connectivity index (χ4v) is 4.58. The van der Waals surface area contributed by atoms with Gasteiger partial charge in [0.05, 0.1) is 12.0 Å². The fourth-order valence-electron chi connectivity index (χ4n) is 3.80. The van der Waals surface area contributed by atoms with Crippen molar-refractivity contribution < 1.29 is 18.0 Å². The highest BCUT2D eigenvalue weighted by molar-refractivity contribution is 7.09. The first-order chi connectivity index (χ1) is 11.0. The van der Waals surface area contributed by atoms with E-state index in [1.807, 2.05) is 5.38 Å². The molecule has 0 N–H and O–H groups in total. The molecule has 2 heterocycles. The summed E-state index contributed by atoms with van der Waals surface area (Å²) in [5.74, 6) is -1.91. The first kappa shape index (κ1) is 16.7. The molecule has 1 amide bonds. The van der Waals surface area contributed by atoms with E-state index in [1.165, 1.54) is 11.3 Å².